The van der Waals surface area contributed by atoms with Crippen molar-refractivity contribution in [1.82, 2.24) is 15.3 Å². The summed E-state index contributed by atoms with van der Waals surface area (Å²) in [6.45, 7) is -0.358. The number of esters is 1. The summed E-state index contributed by atoms with van der Waals surface area (Å²) in [7, 11) is 1.50. The first-order valence-corrected chi connectivity index (χ1v) is 10.9. The number of rotatable bonds is 9. The molecule has 36 heavy (non-hydrogen) atoms. The Hall–Kier alpha value is -4.99. The normalized spacial score (nSPS) is 10.4. The number of hydrogen-bond acceptors (Lipinski definition) is 8. The predicted octanol–water partition coefficient (Wildman–Crippen LogP) is 3.61. The van der Waals surface area contributed by atoms with E-state index in [1.165, 1.54) is 36.7 Å². The lowest BCUT2D eigenvalue weighted by Gasteiger charge is -2.20. The third-order valence-corrected chi connectivity index (χ3v) is 5.05. The van der Waals surface area contributed by atoms with Gasteiger partial charge in [-0.25, -0.2) is 9.78 Å². The van der Waals surface area contributed by atoms with Crippen molar-refractivity contribution in [3.05, 3.63) is 102 Å². The van der Waals surface area contributed by atoms with Gasteiger partial charge in [0.2, 0.25) is 5.88 Å². The zero-order chi connectivity index (χ0) is 25.3. The van der Waals surface area contributed by atoms with Crippen LogP contribution in [0.5, 0.6) is 11.6 Å². The van der Waals surface area contributed by atoms with Gasteiger partial charge in [0, 0.05) is 19.4 Å². The van der Waals surface area contributed by atoms with Crippen LogP contribution in [-0.2, 0) is 16.1 Å². The monoisotopic (exact) mass is 486 g/mol. The molecule has 3 aromatic heterocycles. The highest BCUT2D eigenvalue weighted by molar-refractivity contribution is 6.05. The van der Waals surface area contributed by atoms with Crippen molar-refractivity contribution in [2.45, 2.75) is 6.54 Å². The van der Waals surface area contributed by atoms with E-state index in [2.05, 4.69) is 15.3 Å². The fraction of sp³-hybridized carbons (Fsp3) is 0.115. The molecule has 182 valence electrons. The SMILES string of the molecule is CN(C(=O)COC(=O)c1cccnc1Oc1cccnc1)c1ccccc1C(=O)NCc1ccco1. The molecule has 3 heterocycles. The van der Waals surface area contributed by atoms with Crippen LogP contribution in [0.15, 0.2) is 89.9 Å². The highest BCUT2D eigenvalue weighted by Crippen LogP contribution is 2.23. The van der Waals surface area contributed by atoms with Crippen LogP contribution in [0.3, 0.4) is 0 Å². The van der Waals surface area contributed by atoms with Crippen molar-refractivity contribution in [3.63, 3.8) is 0 Å². The number of ether oxygens (including phenoxy) is 2. The third-order valence-electron chi connectivity index (χ3n) is 5.05. The number of nitrogens with zero attached hydrogens (tertiary/aromatic N) is 3. The number of anilines is 1. The lowest BCUT2D eigenvalue weighted by atomic mass is 10.1. The van der Waals surface area contributed by atoms with Crippen molar-refractivity contribution >= 4 is 23.5 Å². The van der Waals surface area contributed by atoms with Crippen LogP contribution in [0, 0.1) is 0 Å². The number of pyridine rings is 2. The Balaban J connectivity index is 1.40. The number of likely N-dealkylation sites (N-methyl/N-ethyl adjacent to an activating group) is 1. The number of carbonyl (C=O) groups is 3. The van der Waals surface area contributed by atoms with Crippen LogP contribution < -0.4 is 15.0 Å². The number of nitrogens with one attached hydrogen (secondary N) is 1. The summed E-state index contributed by atoms with van der Waals surface area (Å²) in [4.78, 5) is 47.5. The number of carbonyl (C=O) groups excluding carboxylic acids is 3. The van der Waals surface area contributed by atoms with Crippen molar-refractivity contribution < 1.29 is 28.3 Å². The number of furan rings is 1. The minimum atomic E-state index is -0.784. The molecule has 1 aromatic carbocycles. The molecule has 10 heteroatoms. The number of para-hydroxylation sites is 1. The van der Waals surface area contributed by atoms with E-state index in [1.54, 1.807) is 60.8 Å². The Morgan fingerprint density at radius 1 is 0.972 bits per heavy atom. The average molecular weight is 486 g/mol. The van der Waals surface area contributed by atoms with Crippen LogP contribution in [-0.4, -0.2) is 41.4 Å². The molecule has 1 N–H and O–H groups in total. The quantitative estimate of drug-likeness (QED) is 0.356. The van der Waals surface area contributed by atoms with Gasteiger partial charge < -0.3 is 24.1 Å². The smallest absolute Gasteiger partial charge is 0.344 e. The third kappa shape index (κ3) is 5.92. The highest BCUT2D eigenvalue weighted by Gasteiger charge is 2.22. The van der Waals surface area contributed by atoms with Crippen LogP contribution in [0.4, 0.5) is 5.69 Å². The van der Waals surface area contributed by atoms with Gasteiger partial charge >= 0.3 is 5.97 Å². The summed E-state index contributed by atoms with van der Waals surface area (Å²) in [5.74, 6) is -0.690. The highest BCUT2D eigenvalue weighted by atomic mass is 16.5. The summed E-state index contributed by atoms with van der Waals surface area (Å²) in [5, 5.41) is 2.75. The predicted molar refractivity (Wildman–Crippen MR) is 129 cm³/mol. The molecule has 0 saturated heterocycles. The number of hydrogen-bond donors (Lipinski definition) is 1. The van der Waals surface area contributed by atoms with Crippen LogP contribution in [0.25, 0.3) is 0 Å². The Labute approximate surface area is 206 Å². The maximum atomic E-state index is 12.8. The number of amides is 2. The Morgan fingerprint density at radius 2 is 1.78 bits per heavy atom. The minimum Gasteiger partial charge on any atom is -0.467 e. The van der Waals surface area contributed by atoms with Gasteiger partial charge in [-0.05, 0) is 48.5 Å². The second-order valence-electron chi connectivity index (χ2n) is 7.45. The minimum absolute atomic E-state index is 0.0230. The first-order valence-electron chi connectivity index (χ1n) is 10.9. The van der Waals surface area contributed by atoms with Crippen LogP contribution in [0.1, 0.15) is 26.5 Å². The summed E-state index contributed by atoms with van der Waals surface area (Å²) in [5.41, 5.74) is 0.692. The Kier molecular flexibility index (Phi) is 7.66. The lowest BCUT2D eigenvalue weighted by molar-refractivity contribution is -0.121. The van der Waals surface area contributed by atoms with Gasteiger partial charge in [0.1, 0.15) is 17.1 Å². The van der Waals surface area contributed by atoms with E-state index >= 15 is 0 Å². The molecule has 0 aliphatic rings. The van der Waals surface area contributed by atoms with Gasteiger partial charge in [-0.1, -0.05) is 12.1 Å². The van der Waals surface area contributed by atoms with E-state index in [0.717, 1.165) is 0 Å². The molecule has 0 atom stereocenters. The van der Waals surface area contributed by atoms with E-state index in [0.29, 0.717) is 17.2 Å². The van der Waals surface area contributed by atoms with Gasteiger partial charge in [-0.3, -0.25) is 14.6 Å². The van der Waals surface area contributed by atoms with Crippen molar-refractivity contribution in [1.29, 1.82) is 0 Å². The summed E-state index contributed by atoms with van der Waals surface area (Å²) >= 11 is 0. The molecule has 0 fully saturated rings. The first kappa shape index (κ1) is 24.1. The van der Waals surface area contributed by atoms with Gasteiger partial charge in [-0.2, -0.15) is 0 Å². The molecular weight excluding hydrogens is 464 g/mol. The lowest BCUT2D eigenvalue weighted by Crippen LogP contribution is -2.33. The maximum absolute atomic E-state index is 12.8. The molecule has 4 rings (SSSR count). The molecule has 0 aliphatic heterocycles. The fourth-order valence-corrected chi connectivity index (χ4v) is 3.22. The van der Waals surface area contributed by atoms with E-state index in [1.807, 2.05) is 0 Å². The second-order valence-corrected chi connectivity index (χ2v) is 7.45. The van der Waals surface area contributed by atoms with Gasteiger partial charge in [0.15, 0.2) is 6.61 Å². The van der Waals surface area contributed by atoms with Crippen LogP contribution >= 0.6 is 0 Å². The molecule has 4 aromatic rings. The molecule has 0 aliphatic carbocycles. The van der Waals surface area contributed by atoms with E-state index < -0.39 is 18.5 Å². The second kappa shape index (κ2) is 11.4. The van der Waals surface area contributed by atoms with E-state index in [-0.39, 0.29) is 29.5 Å². The first-order chi connectivity index (χ1) is 17.5. The van der Waals surface area contributed by atoms with Crippen molar-refractivity contribution in [2.75, 3.05) is 18.6 Å². The van der Waals surface area contributed by atoms with Gasteiger partial charge in [-0.15, -0.1) is 0 Å². The molecule has 0 bridgehead atoms. The molecule has 0 spiro atoms. The number of benzene rings is 1. The van der Waals surface area contributed by atoms with Crippen molar-refractivity contribution in [3.8, 4) is 11.6 Å². The van der Waals surface area contributed by atoms with E-state index in [9.17, 15) is 14.4 Å². The summed E-state index contributed by atoms with van der Waals surface area (Å²) < 4.78 is 16.1. The maximum Gasteiger partial charge on any atom is 0.344 e. The molecule has 2 amide bonds. The summed E-state index contributed by atoms with van der Waals surface area (Å²) in [6, 6.07) is 16.5. The van der Waals surface area contributed by atoms with Crippen molar-refractivity contribution in [2.24, 2.45) is 0 Å². The zero-order valence-corrected chi connectivity index (χ0v) is 19.3. The largest absolute Gasteiger partial charge is 0.467 e. The topological polar surface area (TPSA) is 124 Å². The number of aromatic nitrogens is 2. The summed E-state index contributed by atoms with van der Waals surface area (Å²) in [6.07, 6.45) is 6.05. The molecule has 0 unspecified atom stereocenters. The molecule has 0 radical (unpaired) electrons. The van der Waals surface area contributed by atoms with Gasteiger partial charge in [0.05, 0.1) is 30.3 Å². The fourth-order valence-electron chi connectivity index (χ4n) is 3.22. The van der Waals surface area contributed by atoms with Gasteiger partial charge in [0.25, 0.3) is 11.8 Å². The zero-order valence-electron chi connectivity index (χ0n) is 19.3. The Morgan fingerprint density at radius 3 is 2.56 bits per heavy atom. The van der Waals surface area contributed by atoms with E-state index in [4.69, 9.17) is 13.9 Å². The standard InChI is InChI=1S/C26H22N4O6/c1-30(22-11-3-2-9-20(22)24(32)29-16-18-8-6-14-34-18)23(31)17-35-26(33)21-10-5-13-28-25(21)36-19-7-4-12-27-15-19/h2-15H,16-17H2,1H3,(H,29,32). The Bertz CT molecular complexity index is 1340. The van der Waals surface area contributed by atoms with Crippen LogP contribution in [0.2, 0.25) is 0 Å². The average Bonchev–Trinajstić information content (AvgIpc) is 3.44. The molecular formula is C26H22N4O6. The molecule has 10 nitrogen and oxygen atoms in total. The molecule has 0 saturated carbocycles.